The van der Waals surface area contributed by atoms with E-state index in [1.807, 2.05) is 12.4 Å². The van der Waals surface area contributed by atoms with E-state index in [9.17, 15) is 4.39 Å². The van der Waals surface area contributed by atoms with Crippen molar-refractivity contribution in [3.63, 3.8) is 0 Å². The van der Waals surface area contributed by atoms with E-state index in [1.54, 1.807) is 12.1 Å². The molecule has 2 aromatic rings. The van der Waals surface area contributed by atoms with E-state index < -0.39 is 0 Å². The average Bonchev–Trinajstić information content (AvgIpc) is 2.93. The fourth-order valence-electron chi connectivity index (χ4n) is 3.81. The molecule has 1 aromatic carbocycles. The van der Waals surface area contributed by atoms with Gasteiger partial charge in [0.15, 0.2) is 0 Å². The Morgan fingerprint density at radius 1 is 1.17 bits per heavy atom. The summed E-state index contributed by atoms with van der Waals surface area (Å²) in [7, 11) is 0. The highest BCUT2D eigenvalue weighted by molar-refractivity contribution is 5.85. The van der Waals surface area contributed by atoms with Gasteiger partial charge in [0, 0.05) is 25.2 Å². The van der Waals surface area contributed by atoms with E-state index in [4.69, 9.17) is 4.98 Å². The quantitative estimate of drug-likeness (QED) is 0.851. The van der Waals surface area contributed by atoms with Gasteiger partial charge in [-0.25, -0.2) is 9.37 Å². The minimum Gasteiger partial charge on any atom is -0.330 e. The molecule has 4 nitrogen and oxygen atoms in total. The summed E-state index contributed by atoms with van der Waals surface area (Å²) in [6, 6.07) is 6.83. The zero-order valence-electron chi connectivity index (χ0n) is 13.4. The highest BCUT2D eigenvalue weighted by Gasteiger charge is 2.40. The number of hydrogen-bond donors (Lipinski definition) is 2. The van der Waals surface area contributed by atoms with Crippen LogP contribution in [0.4, 0.5) is 4.39 Å². The van der Waals surface area contributed by atoms with Crippen LogP contribution in [0.3, 0.4) is 0 Å². The van der Waals surface area contributed by atoms with Gasteiger partial charge in [0.25, 0.3) is 0 Å². The maximum atomic E-state index is 13.4. The van der Waals surface area contributed by atoms with Crippen molar-refractivity contribution in [2.45, 2.75) is 31.3 Å². The molecule has 2 aliphatic heterocycles. The molecular formula is C17H23Cl2FN4. The van der Waals surface area contributed by atoms with Gasteiger partial charge in [0.05, 0.1) is 17.6 Å². The van der Waals surface area contributed by atoms with Crippen molar-refractivity contribution in [3.05, 3.63) is 53.4 Å². The largest absolute Gasteiger partial charge is 0.330 e. The lowest BCUT2D eigenvalue weighted by atomic mass is 9.81. The summed E-state index contributed by atoms with van der Waals surface area (Å²) >= 11 is 0. The molecule has 0 aliphatic carbocycles. The van der Waals surface area contributed by atoms with Crippen LogP contribution in [0.25, 0.3) is 0 Å². The Morgan fingerprint density at radius 3 is 2.71 bits per heavy atom. The predicted molar refractivity (Wildman–Crippen MR) is 97.7 cm³/mol. The molecule has 1 fully saturated rings. The lowest BCUT2D eigenvalue weighted by Crippen LogP contribution is -2.53. The zero-order valence-corrected chi connectivity index (χ0v) is 15.1. The molecule has 0 amide bonds. The number of halogens is 3. The summed E-state index contributed by atoms with van der Waals surface area (Å²) in [4.78, 5) is 4.73. The van der Waals surface area contributed by atoms with Gasteiger partial charge in [-0.1, -0.05) is 12.1 Å². The Morgan fingerprint density at radius 2 is 1.96 bits per heavy atom. The molecule has 4 rings (SSSR count). The fraction of sp³-hybridized carbons (Fsp3) is 0.471. The van der Waals surface area contributed by atoms with Gasteiger partial charge in [-0.05, 0) is 43.6 Å². The predicted octanol–water partition coefficient (Wildman–Crippen LogP) is 2.64. The first-order valence-electron chi connectivity index (χ1n) is 8.02. The van der Waals surface area contributed by atoms with Gasteiger partial charge in [-0.2, -0.15) is 0 Å². The third-order valence-corrected chi connectivity index (χ3v) is 4.92. The molecule has 0 atom stereocenters. The number of fused-ring (bicyclic) bond motifs is 2. The molecule has 1 aromatic heterocycles. The van der Waals surface area contributed by atoms with Crippen LogP contribution in [-0.4, -0.2) is 29.2 Å². The Balaban J connectivity index is 0.00000104. The molecule has 0 bridgehead atoms. The maximum Gasteiger partial charge on any atom is 0.123 e. The van der Waals surface area contributed by atoms with Crippen molar-refractivity contribution in [2.75, 3.05) is 19.6 Å². The number of nitrogens with zero attached hydrogens (tertiary/aromatic N) is 2. The molecule has 132 valence electrons. The lowest BCUT2D eigenvalue weighted by Gasteiger charge is -2.41. The highest BCUT2D eigenvalue weighted by Crippen LogP contribution is 2.35. The molecule has 3 heterocycles. The molecule has 24 heavy (non-hydrogen) atoms. The third kappa shape index (κ3) is 3.45. The van der Waals surface area contributed by atoms with Gasteiger partial charge in [-0.15, -0.1) is 24.8 Å². The third-order valence-electron chi connectivity index (χ3n) is 4.92. The molecule has 2 aliphatic rings. The Hall–Kier alpha value is -1.14. The minimum atomic E-state index is -0.178. The minimum absolute atomic E-state index is 0. The second-order valence-corrected chi connectivity index (χ2v) is 6.31. The monoisotopic (exact) mass is 372 g/mol. The van der Waals surface area contributed by atoms with Gasteiger partial charge >= 0.3 is 0 Å². The van der Waals surface area contributed by atoms with Crippen LogP contribution < -0.4 is 10.6 Å². The first-order chi connectivity index (χ1) is 10.8. The molecule has 2 N–H and O–H groups in total. The van der Waals surface area contributed by atoms with Crippen LogP contribution in [0.1, 0.15) is 29.8 Å². The molecule has 0 radical (unpaired) electrons. The van der Waals surface area contributed by atoms with Crippen molar-refractivity contribution < 1.29 is 4.39 Å². The summed E-state index contributed by atoms with van der Waals surface area (Å²) in [5.41, 5.74) is 3.53. The topological polar surface area (TPSA) is 41.9 Å². The summed E-state index contributed by atoms with van der Waals surface area (Å²) < 4.78 is 15.6. The standard InChI is InChI=1S/C17H21FN4.2ClH/c18-14-3-1-2-13(10-14)11-22-12-20-16-15(22)4-7-21-17(16)5-8-19-9-6-17;;/h1-3,10,12,19,21H,4-9,11H2;2*1H. The van der Waals surface area contributed by atoms with Crippen LogP contribution in [0, 0.1) is 5.82 Å². The van der Waals surface area contributed by atoms with Crippen LogP contribution in [-0.2, 0) is 18.5 Å². The van der Waals surface area contributed by atoms with Gasteiger partial charge in [0.1, 0.15) is 5.82 Å². The van der Waals surface area contributed by atoms with Gasteiger partial charge in [-0.3, -0.25) is 0 Å². The number of piperidine rings is 1. The fourth-order valence-corrected chi connectivity index (χ4v) is 3.81. The number of nitrogens with one attached hydrogen (secondary N) is 2. The molecule has 7 heteroatoms. The lowest BCUT2D eigenvalue weighted by molar-refractivity contribution is 0.227. The number of rotatable bonds is 2. The summed E-state index contributed by atoms with van der Waals surface area (Å²) in [6.07, 6.45) is 5.07. The van der Waals surface area contributed by atoms with Gasteiger partial charge < -0.3 is 15.2 Å². The average molecular weight is 373 g/mol. The van der Waals surface area contributed by atoms with E-state index >= 15 is 0 Å². The Kier molecular flexibility index (Phi) is 6.26. The summed E-state index contributed by atoms with van der Waals surface area (Å²) in [5, 5.41) is 7.12. The van der Waals surface area contributed by atoms with Crippen LogP contribution in [0.2, 0.25) is 0 Å². The molecule has 1 spiro atoms. The van der Waals surface area contributed by atoms with E-state index in [0.717, 1.165) is 44.5 Å². The van der Waals surface area contributed by atoms with E-state index in [-0.39, 0.29) is 36.2 Å². The number of imidazole rings is 1. The maximum absolute atomic E-state index is 13.4. The number of aromatic nitrogens is 2. The summed E-state index contributed by atoms with van der Waals surface area (Å²) in [5.74, 6) is -0.178. The number of hydrogen-bond acceptors (Lipinski definition) is 3. The Labute approximate surface area is 154 Å². The van der Waals surface area contributed by atoms with Crippen LogP contribution >= 0.6 is 24.8 Å². The highest BCUT2D eigenvalue weighted by atomic mass is 35.5. The SMILES string of the molecule is Cl.Cl.Fc1cccc(Cn2cnc3c2CCNC32CCNCC2)c1. The van der Waals surface area contributed by atoms with Crippen molar-refractivity contribution in [3.8, 4) is 0 Å². The van der Waals surface area contributed by atoms with Crippen LogP contribution in [0.15, 0.2) is 30.6 Å². The summed E-state index contributed by atoms with van der Waals surface area (Å²) in [6.45, 7) is 3.74. The van der Waals surface area contributed by atoms with Crippen molar-refractivity contribution >= 4 is 24.8 Å². The van der Waals surface area contributed by atoms with E-state index in [1.165, 1.54) is 17.5 Å². The second kappa shape index (κ2) is 7.83. The number of benzene rings is 1. The van der Waals surface area contributed by atoms with Crippen molar-refractivity contribution in [1.29, 1.82) is 0 Å². The molecule has 0 saturated carbocycles. The molecular weight excluding hydrogens is 350 g/mol. The first-order valence-corrected chi connectivity index (χ1v) is 8.02. The van der Waals surface area contributed by atoms with Crippen molar-refractivity contribution in [1.82, 2.24) is 20.2 Å². The Bertz CT molecular complexity index is 683. The zero-order chi connectivity index (χ0) is 15.0. The molecule has 1 saturated heterocycles. The van der Waals surface area contributed by atoms with Crippen LogP contribution in [0.5, 0.6) is 0 Å². The smallest absolute Gasteiger partial charge is 0.123 e. The van der Waals surface area contributed by atoms with E-state index in [2.05, 4.69) is 15.2 Å². The second-order valence-electron chi connectivity index (χ2n) is 6.31. The van der Waals surface area contributed by atoms with Gasteiger partial charge in [0.2, 0.25) is 0 Å². The normalized spacial score (nSPS) is 18.4. The first kappa shape index (κ1) is 19.2. The van der Waals surface area contributed by atoms with E-state index in [0.29, 0.717) is 6.54 Å². The van der Waals surface area contributed by atoms with Crippen molar-refractivity contribution in [2.24, 2.45) is 0 Å². The molecule has 0 unspecified atom stereocenters.